The molecular formula is C22H21N5O5S. The predicted molar refractivity (Wildman–Crippen MR) is 120 cm³/mol. The summed E-state index contributed by atoms with van der Waals surface area (Å²) in [5.74, 6) is 1.33. The highest BCUT2D eigenvalue weighted by Crippen LogP contribution is 2.22. The van der Waals surface area contributed by atoms with Gasteiger partial charge in [-0.05, 0) is 49.4 Å². The molecule has 1 N–H and O–H groups in total. The van der Waals surface area contributed by atoms with Crippen molar-refractivity contribution in [3.63, 3.8) is 0 Å². The molecule has 33 heavy (non-hydrogen) atoms. The van der Waals surface area contributed by atoms with Gasteiger partial charge in [0.25, 0.3) is 0 Å². The van der Waals surface area contributed by atoms with Crippen LogP contribution in [0.25, 0.3) is 17.0 Å². The molecule has 0 saturated carbocycles. The summed E-state index contributed by atoms with van der Waals surface area (Å²) in [5, 5.41) is 12.7. The minimum Gasteiger partial charge on any atom is -0.497 e. The first-order valence-electron chi connectivity index (χ1n) is 9.98. The average Bonchev–Trinajstić information content (AvgIpc) is 3.25. The lowest BCUT2D eigenvalue weighted by atomic mass is 10.2. The number of methoxy groups -OCH3 is 1. The molecule has 0 aliphatic carbocycles. The fourth-order valence-electron chi connectivity index (χ4n) is 3.07. The maximum atomic E-state index is 12.5. The van der Waals surface area contributed by atoms with Crippen LogP contribution in [0, 0.1) is 0 Å². The van der Waals surface area contributed by atoms with Crippen LogP contribution in [0.5, 0.6) is 11.6 Å². The van der Waals surface area contributed by atoms with Crippen LogP contribution in [-0.4, -0.2) is 54.3 Å². The molecule has 0 aliphatic heterocycles. The van der Waals surface area contributed by atoms with Gasteiger partial charge in [0.05, 0.1) is 12.0 Å². The number of rotatable bonds is 9. The molecule has 0 saturated heterocycles. The van der Waals surface area contributed by atoms with Crippen LogP contribution >= 0.6 is 0 Å². The van der Waals surface area contributed by atoms with Crippen LogP contribution in [0.1, 0.15) is 17.3 Å². The molecule has 0 unspecified atom stereocenters. The third-order valence-corrected chi connectivity index (χ3v) is 6.24. The summed E-state index contributed by atoms with van der Waals surface area (Å²) in [5.41, 5.74) is 1.67. The minimum absolute atomic E-state index is 0.0138. The van der Waals surface area contributed by atoms with Crippen molar-refractivity contribution in [1.29, 1.82) is 0 Å². The molecule has 10 nitrogen and oxygen atoms in total. The molecule has 2 aromatic heterocycles. The second-order valence-corrected chi connectivity index (χ2v) is 8.79. The van der Waals surface area contributed by atoms with Gasteiger partial charge >= 0.3 is 0 Å². The van der Waals surface area contributed by atoms with Crippen molar-refractivity contribution in [2.24, 2.45) is 0 Å². The maximum absolute atomic E-state index is 12.5. The van der Waals surface area contributed by atoms with Gasteiger partial charge in [0.1, 0.15) is 12.4 Å². The van der Waals surface area contributed by atoms with E-state index >= 15 is 0 Å². The minimum atomic E-state index is -3.78. The Kier molecular flexibility index (Phi) is 6.33. The van der Waals surface area contributed by atoms with Gasteiger partial charge in [-0.2, -0.15) is 4.52 Å². The van der Waals surface area contributed by atoms with E-state index in [9.17, 15) is 13.2 Å². The van der Waals surface area contributed by atoms with E-state index in [1.54, 1.807) is 29.8 Å². The summed E-state index contributed by atoms with van der Waals surface area (Å²) < 4.78 is 39.8. The molecule has 0 fully saturated rings. The Morgan fingerprint density at radius 1 is 1.06 bits per heavy atom. The summed E-state index contributed by atoms with van der Waals surface area (Å²) in [6.07, 6.45) is 0. The van der Waals surface area contributed by atoms with E-state index in [0.717, 1.165) is 11.3 Å². The largest absolute Gasteiger partial charge is 0.497 e. The number of hydrogen-bond donors (Lipinski definition) is 1. The van der Waals surface area contributed by atoms with Crippen LogP contribution in [-0.2, 0) is 10.0 Å². The van der Waals surface area contributed by atoms with Crippen molar-refractivity contribution in [2.75, 3.05) is 20.3 Å². The summed E-state index contributed by atoms with van der Waals surface area (Å²) >= 11 is 0. The molecule has 0 bridgehead atoms. The Morgan fingerprint density at radius 2 is 1.85 bits per heavy atom. The number of ketones is 1. The number of carbonyl (C=O) groups excluding carboxylic acids is 1. The van der Waals surface area contributed by atoms with Gasteiger partial charge in [0, 0.05) is 23.7 Å². The van der Waals surface area contributed by atoms with Gasteiger partial charge in [-0.3, -0.25) is 4.79 Å². The normalized spacial score (nSPS) is 11.5. The zero-order valence-electron chi connectivity index (χ0n) is 17.9. The van der Waals surface area contributed by atoms with Gasteiger partial charge in [0.15, 0.2) is 17.3 Å². The van der Waals surface area contributed by atoms with Crippen LogP contribution < -0.4 is 14.2 Å². The highest BCUT2D eigenvalue weighted by atomic mass is 32.2. The molecular weight excluding hydrogens is 446 g/mol. The lowest BCUT2D eigenvalue weighted by Gasteiger charge is -2.09. The summed E-state index contributed by atoms with van der Waals surface area (Å²) in [6.45, 7) is 1.44. The predicted octanol–water partition coefficient (Wildman–Crippen LogP) is 2.36. The number of ether oxygens (including phenoxy) is 2. The number of sulfonamides is 1. The van der Waals surface area contributed by atoms with E-state index in [1.165, 1.54) is 25.1 Å². The number of hydrogen-bond acceptors (Lipinski definition) is 8. The lowest BCUT2D eigenvalue weighted by molar-refractivity contribution is 0.101. The van der Waals surface area contributed by atoms with E-state index in [1.807, 2.05) is 24.3 Å². The molecule has 0 atom stereocenters. The smallest absolute Gasteiger partial charge is 0.240 e. The fourth-order valence-corrected chi connectivity index (χ4v) is 4.12. The summed E-state index contributed by atoms with van der Waals surface area (Å²) in [7, 11) is -2.19. The molecule has 0 radical (unpaired) electrons. The van der Waals surface area contributed by atoms with Crippen molar-refractivity contribution in [3.8, 4) is 23.0 Å². The molecule has 170 valence electrons. The van der Waals surface area contributed by atoms with Crippen molar-refractivity contribution in [2.45, 2.75) is 11.8 Å². The number of aromatic nitrogens is 4. The van der Waals surface area contributed by atoms with E-state index in [-0.39, 0.29) is 29.7 Å². The molecule has 2 heterocycles. The summed E-state index contributed by atoms with van der Waals surface area (Å²) in [4.78, 5) is 11.5. The van der Waals surface area contributed by atoms with Gasteiger partial charge in [-0.1, -0.05) is 12.1 Å². The average molecular weight is 468 g/mol. The van der Waals surface area contributed by atoms with Crippen LogP contribution in [0.3, 0.4) is 0 Å². The molecule has 4 aromatic rings. The Labute approximate surface area is 190 Å². The molecule has 0 spiro atoms. The van der Waals surface area contributed by atoms with E-state index in [4.69, 9.17) is 9.47 Å². The Bertz CT molecular complexity index is 1400. The molecule has 11 heteroatoms. The monoisotopic (exact) mass is 467 g/mol. The number of fused-ring (bicyclic) bond motifs is 1. The fraction of sp³-hybridized carbons (Fsp3) is 0.182. The quantitative estimate of drug-likeness (QED) is 0.294. The first-order valence-corrected chi connectivity index (χ1v) is 11.5. The highest BCUT2D eigenvalue weighted by Gasteiger charge is 2.15. The second kappa shape index (κ2) is 9.35. The Morgan fingerprint density at radius 3 is 2.58 bits per heavy atom. The topological polar surface area (TPSA) is 125 Å². The van der Waals surface area contributed by atoms with Crippen molar-refractivity contribution >= 4 is 21.5 Å². The number of nitrogens with zero attached hydrogens (tertiary/aromatic N) is 4. The second-order valence-electron chi connectivity index (χ2n) is 7.02. The van der Waals surface area contributed by atoms with Crippen LogP contribution in [0.2, 0.25) is 0 Å². The Hall–Kier alpha value is -3.83. The summed E-state index contributed by atoms with van der Waals surface area (Å²) in [6, 6.07) is 16.5. The van der Waals surface area contributed by atoms with Gasteiger partial charge in [0.2, 0.25) is 15.9 Å². The lowest BCUT2D eigenvalue weighted by Crippen LogP contribution is -2.28. The van der Waals surface area contributed by atoms with Crippen molar-refractivity contribution < 1.29 is 22.7 Å². The highest BCUT2D eigenvalue weighted by molar-refractivity contribution is 7.89. The zero-order chi connectivity index (χ0) is 23.4. The van der Waals surface area contributed by atoms with E-state index in [2.05, 4.69) is 20.0 Å². The van der Waals surface area contributed by atoms with E-state index < -0.39 is 10.0 Å². The first kappa shape index (κ1) is 22.4. The first-order chi connectivity index (χ1) is 15.9. The van der Waals surface area contributed by atoms with Crippen molar-refractivity contribution in [1.82, 2.24) is 24.5 Å². The van der Waals surface area contributed by atoms with Crippen LogP contribution in [0.4, 0.5) is 0 Å². The van der Waals surface area contributed by atoms with Gasteiger partial charge < -0.3 is 9.47 Å². The third kappa shape index (κ3) is 4.99. The molecule has 0 amide bonds. The van der Waals surface area contributed by atoms with E-state index in [0.29, 0.717) is 17.0 Å². The number of Topliss-reactive ketones (excluding diaryl/α,β-unsaturated/α-hetero) is 1. The van der Waals surface area contributed by atoms with Crippen molar-refractivity contribution in [3.05, 3.63) is 66.2 Å². The molecule has 2 aromatic carbocycles. The zero-order valence-corrected chi connectivity index (χ0v) is 18.7. The molecule has 4 rings (SSSR count). The van der Waals surface area contributed by atoms with Gasteiger partial charge in [-0.15, -0.1) is 15.3 Å². The number of nitrogens with one attached hydrogen (secondary N) is 1. The van der Waals surface area contributed by atoms with Crippen LogP contribution in [0.15, 0.2) is 65.6 Å². The third-order valence-electron chi connectivity index (χ3n) is 4.78. The maximum Gasteiger partial charge on any atom is 0.240 e. The standard InChI is InChI=1S/C22H21N5O5S/c1-15(28)17-4-3-5-19(14-17)33(29,30)23-12-13-32-21-11-10-20-24-25-22(27(20)26-21)16-6-8-18(31-2)9-7-16/h3-11,14,23H,12-13H2,1-2H3. The number of benzene rings is 2. The SMILES string of the molecule is COc1ccc(-c2nnc3ccc(OCCNS(=O)(=O)c4cccc(C(C)=O)c4)nn23)cc1. The Balaban J connectivity index is 1.42. The number of carbonyl (C=O) groups is 1. The molecule has 0 aliphatic rings. The van der Waals surface area contributed by atoms with Gasteiger partial charge in [-0.25, -0.2) is 13.1 Å².